The Balaban J connectivity index is 1.35. The molecule has 1 saturated heterocycles. The summed E-state index contributed by atoms with van der Waals surface area (Å²) < 4.78 is 60.7. The zero-order valence-corrected chi connectivity index (χ0v) is 40.4. The maximum absolute atomic E-state index is 12.6. The predicted molar refractivity (Wildman–Crippen MR) is 230 cm³/mol. The Kier molecular flexibility index (Phi) is 23.9. The highest BCUT2D eigenvalue weighted by Gasteiger charge is 2.47. The van der Waals surface area contributed by atoms with E-state index in [9.17, 15) is 63.0 Å². The van der Waals surface area contributed by atoms with Crippen molar-refractivity contribution in [3.05, 3.63) is 24.8 Å². The topological polar surface area (TPSA) is 395 Å². The maximum atomic E-state index is 12.6. The lowest BCUT2D eigenvalue weighted by Crippen LogP contribution is -2.46. The molecule has 0 aromatic carbocycles. The first kappa shape index (κ1) is 57.6. The Bertz CT molecular complexity index is 2040. The minimum absolute atomic E-state index is 0.0173. The number of rotatable bonds is 32. The summed E-state index contributed by atoms with van der Waals surface area (Å²) in [5, 5.41) is 36.3. The highest BCUT2D eigenvalue weighted by atomic mass is 32.2. The van der Waals surface area contributed by atoms with Gasteiger partial charge in [0.1, 0.15) is 36.3 Å². The highest BCUT2D eigenvalue weighted by Crippen LogP contribution is 2.56. The zero-order valence-electron chi connectivity index (χ0n) is 36.9. The highest BCUT2D eigenvalue weighted by molar-refractivity contribution is 8.13. The second kappa shape index (κ2) is 27.4. The molecule has 0 aliphatic carbocycles. The molecule has 0 bridgehead atoms. The lowest BCUT2D eigenvalue weighted by molar-refractivity contribution is -0.347. The first-order valence-electron chi connectivity index (χ1n) is 21.3. The molecule has 1 aliphatic heterocycles. The number of phosphoric ester groups is 3. The van der Waals surface area contributed by atoms with Gasteiger partial charge in [-0.05, 0) is 25.7 Å². The molecule has 2 unspecified atom stereocenters. The van der Waals surface area contributed by atoms with Crippen LogP contribution >= 0.6 is 35.2 Å². The normalized spacial score (nSPS) is 20.8. The Morgan fingerprint density at radius 1 is 0.970 bits per heavy atom. The number of anilines is 1. The minimum atomic E-state index is -5.93. The van der Waals surface area contributed by atoms with Gasteiger partial charge < -0.3 is 74.1 Å². The monoisotopic (exact) mass is 1020 g/mol. The molecule has 1 aliphatic rings. The molecule has 29 heteroatoms. The molecule has 66 heavy (non-hydrogen) atoms. The third-order valence-electron chi connectivity index (χ3n) is 9.95. The van der Waals surface area contributed by atoms with Crippen molar-refractivity contribution in [2.24, 2.45) is 5.41 Å². The quantitative estimate of drug-likeness (QED) is 0.0327. The summed E-state index contributed by atoms with van der Waals surface area (Å²) in [6.45, 7) is 2.17. The van der Waals surface area contributed by atoms with Crippen LogP contribution in [0.3, 0.4) is 0 Å². The smallest absolute Gasteiger partial charge is 0.274 e. The second-order valence-corrected chi connectivity index (χ2v) is 21.2. The van der Waals surface area contributed by atoms with Crippen LogP contribution in [0, 0.1) is 5.41 Å². The molecular weight excluding hydrogens is 955 g/mol. The van der Waals surface area contributed by atoms with Gasteiger partial charge in [-0.2, -0.15) is 0 Å². The van der Waals surface area contributed by atoms with Gasteiger partial charge in [0.05, 0.1) is 33.5 Å². The van der Waals surface area contributed by atoms with Crippen LogP contribution in [0.4, 0.5) is 5.82 Å². The van der Waals surface area contributed by atoms with E-state index in [4.69, 9.17) is 10.5 Å². The standard InChI is InChI=1S/C37H64N7O18P3S/c1-4-5-6-7-8-9-10-11-12-13-14-15-25(45)20-28(47)66-19-18-39-27(46)16-17-40-35(50)32(49)37(2,3)22-59-65(56,57)62-64(54,55)58-21-26-31(61-63(51,52)53)30(48)36(60-26)44-24-43-29-33(38)41-23-42-34(29)44/h12-13,23-26,30-32,36,45,48-49H,4-11,14-22H2,1-3H3,(H,39,46)(H,40,50)(H,54,55)(H,56,57)(H2,38,41,42)(H2,51,52,53)/p-4/b13-12-/t25-,26+,30+,31+,32-,36+/m0/s1. The van der Waals surface area contributed by atoms with Crippen molar-refractivity contribution < 1.29 is 85.6 Å². The number of nitrogens with zero attached hydrogens (tertiary/aromatic N) is 4. The van der Waals surface area contributed by atoms with Gasteiger partial charge in [-0.1, -0.05) is 83.2 Å². The number of carbonyl (C=O) groups is 3. The average molecular weight is 1020 g/mol. The van der Waals surface area contributed by atoms with Crippen LogP contribution in [-0.4, -0.2) is 114 Å². The summed E-state index contributed by atoms with van der Waals surface area (Å²) in [5.74, 6) is -1.35. The van der Waals surface area contributed by atoms with E-state index in [0.717, 1.165) is 41.8 Å². The van der Waals surface area contributed by atoms with Crippen molar-refractivity contribution in [2.45, 2.75) is 135 Å². The van der Waals surface area contributed by atoms with Gasteiger partial charge in [0.2, 0.25) is 11.8 Å². The molecule has 0 saturated carbocycles. The molecular formula is C37H60N7O18P3S-4. The molecule has 2 aromatic heterocycles. The number of unbranched alkanes of at least 4 members (excludes halogenated alkanes) is 7. The molecule has 376 valence electrons. The molecule has 2 amide bonds. The molecule has 3 rings (SSSR count). The molecule has 7 N–H and O–H groups in total. The van der Waals surface area contributed by atoms with Crippen LogP contribution in [0.5, 0.6) is 0 Å². The van der Waals surface area contributed by atoms with Crippen molar-refractivity contribution >= 4 is 69.1 Å². The summed E-state index contributed by atoms with van der Waals surface area (Å²) >= 11 is 0.969. The third kappa shape index (κ3) is 20.5. The van der Waals surface area contributed by atoms with E-state index in [2.05, 4.69) is 56.5 Å². The summed E-state index contributed by atoms with van der Waals surface area (Å²) in [4.78, 5) is 96.8. The Labute approximate surface area is 386 Å². The van der Waals surface area contributed by atoms with Crippen LogP contribution in [0.1, 0.15) is 104 Å². The SMILES string of the molecule is CCCCCCCCC/C=C\CC[C@H](O)CC(=O)SCCNC(=O)CCNC(=O)[C@H](O)C(C)(C)COP(=O)([O-])OP(=O)([O-])OC[C@H]1O[C@@H](n2cnc3c(N)ncnc32)[C@H](O)[C@@H]1OP(=O)([O-])[O-]. The van der Waals surface area contributed by atoms with Gasteiger partial charge in [0.15, 0.2) is 22.8 Å². The summed E-state index contributed by atoms with van der Waals surface area (Å²) in [6.07, 6.45) is 6.51. The number of nitrogen functional groups attached to an aromatic ring is 1. The van der Waals surface area contributed by atoms with E-state index in [1.165, 1.54) is 52.4 Å². The molecule has 25 nitrogen and oxygen atoms in total. The van der Waals surface area contributed by atoms with Crippen LogP contribution in [-0.2, 0) is 50.7 Å². The van der Waals surface area contributed by atoms with Gasteiger partial charge in [0, 0.05) is 37.1 Å². The Hall–Kier alpha value is -2.74. The fourth-order valence-electron chi connectivity index (χ4n) is 6.37. The number of amides is 2. The molecule has 8 atom stereocenters. The number of phosphoric acid groups is 3. The number of imidazole rings is 1. The number of carbonyl (C=O) groups excluding carboxylic acids is 3. The number of aromatic nitrogens is 4. The number of ether oxygens (including phenoxy) is 1. The zero-order chi connectivity index (χ0) is 49.1. The van der Waals surface area contributed by atoms with Gasteiger partial charge in [-0.25, -0.2) is 19.3 Å². The fraction of sp³-hybridized carbons (Fsp3) is 0.730. The molecule has 0 spiro atoms. The van der Waals surface area contributed by atoms with Gasteiger partial charge >= 0.3 is 0 Å². The van der Waals surface area contributed by atoms with Crippen molar-refractivity contribution in [3.8, 4) is 0 Å². The molecule has 2 aromatic rings. The van der Waals surface area contributed by atoms with E-state index in [1.807, 2.05) is 6.08 Å². The average Bonchev–Trinajstić information content (AvgIpc) is 3.79. The van der Waals surface area contributed by atoms with E-state index in [1.54, 1.807) is 0 Å². The number of hydrogen-bond donors (Lipinski definition) is 6. The van der Waals surface area contributed by atoms with Crippen molar-refractivity contribution in [2.75, 3.05) is 37.8 Å². The number of thioether (sulfide) groups is 1. The number of aliphatic hydroxyl groups is 3. The lowest BCUT2D eigenvalue weighted by Gasteiger charge is -2.36. The lowest BCUT2D eigenvalue weighted by atomic mass is 9.87. The number of aliphatic hydroxyl groups excluding tert-OH is 3. The first-order valence-corrected chi connectivity index (χ1v) is 26.6. The van der Waals surface area contributed by atoms with Gasteiger partial charge in [-0.15, -0.1) is 0 Å². The van der Waals surface area contributed by atoms with E-state index >= 15 is 0 Å². The Morgan fingerprint density at radius 2 is 1.64 bits per heavy atom. The fourth-order valence-corrected chi connectivity index (χ4v) is 9.85. The van der Waals surface area contributed by atoms with E-state index in [-0.39, 0.29) is 53.8 Å². The summed E-state index contributed by atoms with van der Waals surface area (Å²) in [6, 6.07) is 0. The van der Waals surface area contributed by atoms with E-state index in [0.29, 0.717) is 12.8 Å². The third-order valence-corrected chi connectivity index (χ3v) is 13.9. The summed E-state index contributed by atoms with van der Waals surface area (Å²) in [5.41, 5.74) is 4.05. The van der Waals surface area contributed by atoms with Crippen LogP contribution < -0.4 is 35.9 Å². The largest absolute Gasteiger partial charge is 0.790 e. The summed E-state index contributed by atoms with van der Waals surface area (Å²) in [7, 11) is -17.6. The van der Waals surface area contributed by atoms with Crippen molar-refractivity contribution in [1.29, 1.82) is 0 Å². The minimum Gasteiger partial charge on any atom is -0.790 e. The van der Waals surface area contributed by atoms with E-state index < -0.39 is 90.7 Å². The maximum Gasteiger partial charge on any atom is 0.274 e. The molecule has 1 fully saturated rings. The number of hydrogen-bond acceptors (Lipinski definition) is 23. The number of nitrogens with two attached hydrogens (primary N) is 1. The second-order valence-electron chi connectivity index (χ2n) is 16.0. The van der Waals surface area contributed by atoms with Gasteiger partial charge in [0.25, 0.3) is 15.6 Å². The predicted octanol–water partition coefficient (Wildman–Crippen LogP) is 0.365. The number of nitrogens with one attached hydrogen (secondary N) is 2. The van der Waals surface area contributed by atoms with Crippen molar-refractivity contribution in [3.63, 3.8) is 0 Å². The van der Waals surface area contributed by atoms with Crippen LogP contribution in [0.2, 0.25) is 0 Å². The van der Waals surface area contributed by atoms with Crippen molar-refractivity contribution in [1.82, 2.24) is 30.2 Å². The first-order chi connectivity index (χ1) is 30.9. The number of fused-ring (bicyclic) bond motifs is 1. The Morgan fingerprint density at radius 3 is 2.33 bits per heavy atom. The van der Waals surface area contributed by atoms with Gasteiger partial charge in [-0.3, -0.25) is 28.1 Å². The van der Waals surface area contributed by atoms with Crippen LogP contribution in [0.25, 0.3) is 11.2 Å². The van der Waals surface area contributed by atoms with Crippen LogP contribution in [0.15, 0.2) is 24.8 Å². The number of allylic oxidation sites excluding steroid dienone is 2. The molecule has 0 radical (unpaired) electrons. The molecule has 3 heterocycles.